The minimum absolute atomic E-state index is 0.0174. The second-order valence-corrected chi connectivity index (χ2v) is 3.35. The molecule has 0 aromatic carbocycles. The van der Waals surface area contributed by atoms with E-state index in [1.54, 1.807) is 0 Å². The quantitative estimate of drug-likeness (QED) is 0.536. The van der Waals surface area contributed by atoms with Crippen molar-refractivity contribution in [1.82, 2.24) is 10.7 Å². The summed E-state index contributed by atoms with van der Waals surface area (Å²) in [5.74, 6) is -1.45. The molecular weight excluding hydrogens is 214 g/mol. The van der Waals surface area contributed by atoms with Crippen LogP contribution in [0.15, 0.2) is 5.10 Å². The van der Waals surface area contributed by atoms with E-state index in [9.17, 15) is 14.4 Å². The zero-order chi connectivity index (χ0) is 12.0. The summed E-state index contributed by atoms with van der Waals surface area (Å²) >= 11 is 0. The molecule has 88 valence electrons. The van der Waals surface area contributed by atoms with Crippen LogP contribution >= 0.6 is 0 Å². The summed E-state index contributed by atoms with van der Waals surface area (Å²) in [6.07, 6.45) is 0.960. The molecule has 7 heteroatoms. The van der Waals surface area contributed by atoms with Gasteiger partial charge in [-0.3, -0.25) is 14.4 Å². The van der Waals surface area contributed by atoms with Gasteiger partial charge in [-0.05, 0) is 6.42 Å². The molecule has 0 spiro atoms. The number of carbonyl (C=O) groups excluding carboxylic acids is 2. The number of carboxylic acids is 1. The van der Waals surface area contributed by atoms with Crippen molar-refractivity contribution in [3.63, 3.8) is 0 Å². The van der Waals surface area contributed by atoms with Crippen LogP contribution in [0.5, 0.6) is 0 Å². The Kier molecular flexibility index (Phi) is 4.43. The highest BCUT2D eigenvalue weighted by molar-refractivity contribution is 6.39. The molecule has 1 heterocycles. The van der Waals surface area contributed by atoms with Crippen LogP contribution in [0.3, 0.4) is 0 Å². The number of hydrazone groups is 1. The average molecular weight is 227 g/mol. The summed E-state index contributed by atoms with van der Waals surface area (Å²) in [6.45, 7) is 0.290. The molecule has 3 N–H and O–H groups in total. The smallest absolute Gasteiger partial charge is 0.303 e. The van der Waals surface area contributed by atoms with Gasteiger partial charge >= 0.3 is 5.97 Å². The highest BCUT2D eigenvalue weighted by Gasteiger charge is 2.17. The molecule has 0 saturated carbocycles. The van der Waals surface area contributed by atoms with Gasteiger partial charge in [0.05, 0.1) is 0 Å². The molecule has 0 aliphatic carbocycles. The molecular formula is C9H13N3O4. The van der Waals surface area contributed by atoms with Gasteiger partial charge in [0.25, 0.3) is 5.91 Å². The van der Waals surface area contributed by atoms with Gasteiger partial charge in [-0.1, -0.05) is 0 Å². The van der Waals surface area contributed by atoms with Crippen LogP contribution in [0, 0.1) is 0 Å². The van der Waals surface area contributed by atoms with Gasteiger partial charge in [-0.2, -0.15) is 5.10 Å². The largest absolute Gasteiger partial charge is 0.481 e. The lowest BCUT2D eigenvalue weighted by atomic mass is 10.1. The van der Waals surface area contributed by atoms with Crippen LogP contribution in [-0.4, -0.2) is 35.1 Å². The molecule has 0 unspecified atom stereocenters. The lowest BCUT2D eigenvalue weighted by Crippen LogP contribution is -2.37. The topological polar surface area (TPSA) is 108 Å². The molecule has 1 aliphatic rings. The molecule has 0 radical (unpaired) electrons. The molecule has 0 saturated heterocycles. The van der Waals surface area contributed by atoms with Crippen molar-refractivity contribution in [1.29, 1.82) is 0 Å². The van der Waals surface area contributed by atoms with Gasteiger partial charge in [-0.15, -0.1) is 0 Å². The predicted molar refractivity (Wildman–Crippen MR) is 54.7 cm³/mol. The van der Waals surface area contributed by atoms with Gasteiger partial charge in [-0.25, -0.2) is 5.43 Å². The number of hydrogen-bond acceptors (Lipinski definition) is 4. The van der Waals surface area contributed by atoms with Gasteiger partial charge < -0.3 is 10.4 Å². The Morgan fingerprint density at radius 3 is 2.75 bits per heavy atom. The Hall–Kier alpha value is -1.92. The van der Waals surface area contributed by atoms with Crippen LogP contribution in [0.4, 0.5) is 0 Å². The standard InChI is InChI=1S/C9H13N3O4/c13-7-4-3-6(11-12-7)9(16)10-5-1-2-8(14)15/h1-5H2,(H,10,16)(H,12,13)(H,14,15). The van der Waals surface area contributed by atoms with Crippen molar-refractivity contribution >= 4 is 23.5 Å². The first-order valence-corrected chi connectivity index (χ1v) is 4.95. The molecule has 7 nitrogen and oxygen atoms in total. The van der Waals surface area contributed by atoms with Crippen molar-refractivity contribution in [2.45, 2.75) is 25.7 Å². The van der Waals surface area contributed by atoms with Gasteiger partial charge in [0.2, 0.25) is 5.91 Å². The fourth-order valence-electron chi connectivity index (χ4n) is 1.18. The predicted octanol–water partition coefficient (Wildman–Crippen LogP) is -0.767. The number of rotatable bonds is 5. The molecule has 16 heavy (non-hydrogen) atoms. The number of nitrogens with zero attached hydrogens (tertiary/aromatic N) is 1. The maximum absolute atomic E-state index is 11.4. The number of aliphatic carboxylic acids is 1. The summed E-state index contributed by atoms with van der Waals surface area (Å²) < 4.78 is 0. The Balaban J connectivity index is 2.25. The first kappa shape index (κ1) is 12.2. The lowest BCUT2D eigenvalue weighted by molar-refractivity contribution is -0.137. The monoisotopic (exact) mass is 227 g/mol. The zero-order valence-corrected chi connectivity index (χ0v) is 8.65. The first-order chi connectivity index (χ1) is 7.59. The summed E-state index contributed by atoms with van der Waals surface area (Å²) in [6, 6.07) is 0. The fraction of sp³-hybridized carbons (Fsp3) is 0.556. The van der Waals surface area contributed by atoms with E-state index in [0.29, 0.717) is 12.8 Å². The minimum Gasteiger partial charge on any atom is -0.481 e. The van der Waals surface area contributed by atoms with Crippen molar-refractivity contribution < 1.29 is 19.5 Å². The van der Waals surface area contributed by atoms with Gasteiger partial charge in [0, 0.05) is 25.8 Å². The van der Waals surface area contributed by atoms with Crippen LogP contribution in [0.1, 0.15) is 25.7 Å². The number of nitrogens with one attached hydrogen (secondary N) is 2. The summed E-state index contributed by atoms with van der Waals surface area (Å²) in [7, 11) is 0. The third-order valence-corrected chi connectivity index (χ3v) is 2.02. The second kappa shape index (κ2) is 5.84. The van der Waals surface area contributed by atoms with Crippen LogP contribution in [0.25, 0.3) is 0 Å². The maximum atomic E-state index is 11.4. The summed E-state index contributed by atoms with van der Waals surface area (Å²) in [5, 5.41) is 14.5. The van der Waals surface area contributed by atoms with E-state index >= 15 is 0 Å². The molecule has 0 aromatic heterocycles. The molecule has 0 atom stereocenters. The van der Waals surface area contributed by atoms with Crippen molar-refractivity contribution in [2.75, 3.05) is 6.54 Å². The molecule has 0 aromatic rings. The van der Waals surface area contributed by atoms with E-state index in [1.807, 2.05) is 0 Å². The normalized spacial score (nSPS) is 15.0. The Morgan fingerprint density at radius 1 is 1.44 bits per heavy atom. The maximum Gasteiger partial charge on any atom is 0.303 e. The summed E-state index contributed by atoms with van der Waals surface area (Å²) in [4.78, 5) is 32.4. The number of hydrogen-bond donors (Lipinski definition) is 3. The number of amides is 2. The van der Waals surface area contributed by atoms with Gasteiger partial charge in [0.15, 0.2) is 0 Å². The van der Waals surface area contributed by atoms with E-state index in [-0.39, 0.29) is 36.9 Å². The average Bonchev–Trinajstić information content (AvgIpc) is 2.25. The lowest BCUT2D eigenvalue weighted by Gasteiger charge is -2.11. The van der Waals surface area contributed by atoms with Crippen LogP contribution < -0.4 is 10.7 Å². The van der Waals surface area contributed by atoms with E-state index in [0.717, 1.165) is 0 Å². The zero-order valence-electron chi connectivity index (χ0n) is 8.65. The Bertz CT molecular complexity index is 338. The Labute approximate surface area is 91.9 Å². The molecule has 2 amide bonds. The minimum atomic E-state index is -0.892. The fourth-order valence-corrected chi connectivity index (χ4v) is 1.18. The molecule has 0 fully saturated rings. The second-order valence-electron chi connectivity index (χ2n) is 3.35. The highest BCUT2D eigenvalue weighted by Crippen LogP contribution is 1.99. The Morgan fingerprint density at radius 2 is 2.19 bits per heavy atom. The highest BCUT2D eigenvalue weighted by atomic mass is 16.4. The van der Waals surface area contributed by atoms with Crippen molar-refractivity contribution in [3.8, 4) is 0 Å². The molecule has 0 bridgehead atoms. The first-order valence-electron chi connectivity index (χ1n) is 4.95. The SMILES string of the molecule is O=C(O)CCCNC(=O)C1=NNC(=O)CC1. The van der Waals surface area contributed by atoms with Gasteiger partial charge in [0.1, 0.15) is 5.71 Å². The molecule has 1 aliphatic heterocycles. The number of carbonyl (C=O) groups is 3. The third-order valence-electron chi connectivity index (χ3n) is 2.02. The van der Waals surface area contributed by atoms with E-state index < -0.39 is 5.97 Å². The number of carboxylic acid groups (broad SMARTS) is 1. The van der Waals surface area contributed by atoms with Crippen LogP contribution in [0.2, 0.25) is 0 Å². The molecule has 1 rings (SSSR count). The van der Waals surface area contributed by atoms with Crippen LogP contribution in [-0.2, 0) is 14.4 Å². The third kappa shape index (κ3) is 4.07. The van der Waals surface area contributed by atoms with Crippen molar-refractivity contribution in [3.05, 3.63) is 0 Å². The van der Waals surface area contributed by atoms with Crippen molar-refractivity contribution in [2.24, 2.45) is 5.10 Å². The summed E-state index contributed by atoms with van der Waals surface area (Å²) in [5.41, 5.74) is 2.49. The van der Waals surface area contributed by atoms with E-state index in [2.05, 4.69) is 15.8 Å². The van der Waals surface area contributed by atoms with E-state index in [1.165, 1.54) is 0 Å². The van der Waals surface area contributed by atoms with E-state index in [4.69, 9.17) is 5.11 Å².